The van der Waals surface area contributed by atoms with Crippen molar-refractivity contribution in [2.45, 2.75) is 30.3 Å². The van der Waals surface area contributed by atoms with Crippen molar-refractivity contribution in [2.24, 2.45) is 0 Å². The summed E-state index contributed by atoms with van der Waals surface area (Å²) in [6, 6.07) is 9.44. The smallest absolute Gasteiger partial charge is 0.252 e. The van der Waals surface area contributed by atoms with Crippen LogP contribution in [0.1, 0.15) is 23.5 Å². The minimum atomic E-state index is -3.53. The first-order chi connectivity index (χ1) is 10.9. The minimum Gasteiger partial charge on any atom is -0.368 e. The van der Waals surface area contributed by atoms with E-state index in [1.807, 2.05) is 13.8 Å². The summed E-state index contributed by atoms with van der Waals surface area (Å²) in [7, 11) is -3.53. The zero-order valence-electron chi connectivity index (χ0n) is 12.9. The van der Waals surface area contributed by atoms with Gasteiger partial charge in [0.1, 0.15) is 10.0 Å². The maximum Gasteiger partial charge on any atom is 0.252 e. The average Bonchev–Trinajstić information content (AvgIpc) is 2.95. The molecule has 0 radical (unpaired) electrons. The molecule has 1 aliphatic heterocycles. The monoisotopic (exact) mass is 355 g/mol. The molecule has 0 bridgehead atoms. The van der Waals surface area contributed by atoms with Gasteiger partial charge in [0.25, 0.3) is 10.0 Å². The molecule has 0 saturated carbocycles. The molecule has 2 heterocycles. The second kappa shape index (κ2) is 6.32. The Bertz CT molecular complexity index is 786. The van der Waals surface area contributed by atoms with E-state index in [0.29, 0.717) is 10.8 Å². The highest BCUT2D eigenvalue weighted by Crippen LogP contribution is 2.31. The van der Waals surface area contributed by atoms with Crippen molar-refractivity contribution in [1.82, 2.24) is 4.31 Å². The third-order valence-electron chi connectivity index (χ3n) is 3.78. The van der Waals surface area contributed by atoms with Crippen LogP contribution in [0.4, 0.5) is 4.39 Å². The first-order valence-electron chi connectivity index (χ1n) is 7.34. The highest BCUT2D eigenvalue weighted by atomic mass is 32.2. The van der Waals surface area contributed by atoms with E-state index in [-0.39, 0.29) is 18.5 Å². The zero-order chi connectivity index (χ0) is 16.6. The van der Waals surface area contributed by atoms with Gasteiger partial charge < -0.3 is 4.74 Å². The minimum absolute atomic E-state index is 0.227. The fourth-order valence-electron chi connectivity index (χ4n) is 2.65. The Morgan fingerprint density at radius 3 is 2.48 bits per heavy atom. The van der Waals surface area contributed by atoms with Crippen LogP contribution in [-0.4, -0.2) is 31.9 Å². The van der Waals surface area contributed by atoms with Gasteiger partial charge >= 0.3 is 0 Å². The highest BCUT2D eigenvalue weighted by Gasteiger charge is 2.35. The number of halogens is 1. The molecule has 23 heavy (non-hydrogen) atoms. The molecule has 124 valence electrons. The summed E-state index contributed by atoms with van der Waals surface area (Å²) in [5.74, 6) is -0.323. The number of benzene rings is 1. The molecular weight excluding hydrogens is 337 g/mol. The first-order valence-corrected chi connectivity index (χ1v) is 9.59. The summed E-state index contributed by atoms with van der Waals surface area (Å²) < 4.78 is 46.3. The van der Waals surface area contributed by atoms with E-state index in [1.54, 1.807) is 24.3 Å². The Morgan fingerprint density at radius 2 is 1.87 bits per heavy atom. The van der Waals surface area contributed by atoms with Crippen molar-refractivity contribution in [3.05, 3.63) is 52.7 Å². The Balaban J connectivity index is 1.87. The zero-order valence-corrected chi connectivity index (χ0v) is 14.5. The third-order valence-corrected chi connectivity index (χ3v) is 7.08. The van der Waals surface area contributed by atoms with Crippen LogP contribution in [0, 0.1) is 12.7 Å². The van der Waals surface area contributed by atoms with Crippen LogP contribution >= 0.6 is 11.3 Å². The molecule has 1 aliphatic rings. The molecule has 0 N–H and O–H groups in total. The fourth-order valence-corrected chi connectivity index (χ4v) is 5.60. The third kappa shape index (κ3) is 3.47. The number of morpholine rings is 1. The van der Waals surface area contributed by atoms with Gasteiger partial charge in [-0.25, -0.2) is 12.8 Å². The van der Waals surface area contributed by atoms with Gasteiger partial charge in [-0.05, 0) is 43.7 Å². The van der Waals surface area contributed by atoms with Gasteiger partial charge in [0.15, 0.2) is 0 Å². The number of rotatable bonds is 3. The van der Waals surface area contributed by atoms with Gasteiger partial charge in [-0.3, -0.25) is 0 Å². The summed E-state index contributed by atoms with van der Waals surface area (Å²) >= 11 is 1.27. The summed E-state index contributed by atoms with van der Waals surface area (Å²) in [6.45, 7) is 4.27. The molecule has 0 spiro atoms. The van der Waals surface area contributed by atoms with Gasteiger partial charge in [0, 0.05) is 18.0 Å². The summed E-state index contributed by atoms with van der Waals surface area (Å²) in [5, 5.41) is 0. The standard InChI is InChI=1S/C16H18FNO3S2/c1-11-9-18(23(19,20)16-8-3-12(2)22-16)10-15(21-11)13-4-6-14(17)7-5-13/h3-8,11,15H,9-10H2,1-2H3. The van der Waals surface area contributed by atoms with Gasteiger partial charge in [-0.2, -0.15) is 4.31 Å². The molecule has 0 amide bonds. The predicted octanol–water partition coefficient (Wildman–Crippen LogP) is 3.35. The van der Waals surface area contributed by atoms with Crippen LogP contribution in [0.5, 0.6) is 0 Å². The van der Waals surface area contributed by atoms with Crippen molar-refractivity contribution < 1.29 is 17.5 Å². The Kier molecular flexibility index (Phi) is 4.55. The highest BCUT2D eigenvalue weighted by molar-refractivity contribution is 7.91. The van der Waals surface area contributed by atoms with E-state index in [9.17, 15) is 12.8 Å². The summed E-state index contributed by atoms with van der Waals surface area (Å²) in [6.07, 6.45) is -0.621. The van der Waals surface area contributed by atoms with E-state index in [4.69, 9.17) is 4.74 Å². The van der Waals surface area contributed by atoms with Gasteiger partial charge in [-0.1, -0.05) is 12.1 Å². The SMILES string of the molecule is Cc1ccc(S(=O)(=O)N2CC(C)OC(c3ccc(F)cc3)C2)s1. The van der Waals surface area contributed by atoms with E-state index in [1.165, 1.54) is 27.8 Å². The molecule has 1 fully saturated rings. The first kappa shape index (κ1) is 16.6. The second-order valence-corrected chi connectivity index (χ2v) is 9.13. The Labute approximate surface area is 139 Å². The van der Waals surface area contributed by atoms with Crippen LogP contribution in [0.2, 0.25) is 0 Å². The molecule has 4 nitrogen and oxygen atoms in total. The van der Waals surface area contributed by atoms with Gasteiger partial charge in [0.05, 0.1) is 12.2 Å². The summed E-state index contributed by atoms with van der Waals surface area (Å²) in [5.41, 5.74) is 0.778. The fraction of sp³-hybridized carbons (Fsp3) is 0.375. The normalized spacial score (nSPS) is 23.1. The molecule has 2 atom stereocenters. The van der Waals surface area contributed by atoms with Crippen LogP contribution in [0.3, 0.4) is 0 Å². The number of sulfonamides is 1. The number of nitrogens with zero attached hydrogens (tertiary/aromatic N) is 1. The van der Waals surface area contributed by atoms with Crippen molar-refractivity contribution in [3.8, 4) is 0 Å². The Hall–Kier alpha value is -1.28. The largest absolute Gasteiger partial charge is 0.368 e. The summed E-state index contributed by atoms with van der Waals surface area (Å²) in [4.78, 5) is 0.958. The molecule has 3 rings (SSSR count). The number of thiophene rings is 1. The maximum atomic E-state index is 13.1. The van der Waals surface area contributed by atoms with E-state index < -0.39 is 16.1 Å². The van der Waals surface area contributed by atoms with Crippen LogP contribution in [-0.2, 0) is 14.8 Å². The average molecular weight is 355 g/mol. The number of hydrogen-bond donors (Lipinski definition) is 0. The van der Waals surface area contributed by atoms with E-state index in [2.05, 4.69) is 0 Å². The number of ether oxygens (including phenoxy) is 1. The van der Waals surface area contributed by atoms with Crippen molar-refractivity contribution in [3.63, 3.8) is 0 Å². The van der Waals surface area contributed by atoms with Crippen LogP contribution < -0.4 is 0 Å². The lowest BCUT2D eigenvalue weighted by molar-refractivity contribution is -0.0556. The lowest BCUT2D eigenvalue weighted by atomic mass is 10.1. The molecular formula is C16H18FNO3S2. The molecule has 1 saturated heterocycles. The molecule has 0 aliphatic carbocycles. The molecule has 1 aromatic carbocycles. The second-order valence-electron chi connectivity index (χ2n) is 5.67. The molecule has 7 heteroatoms. The Morgan fingerprint density at radius 1 is 1.17 bits per heavy atom. The topological polar surface area (TPSA) is 46.6 Å². The maximum absolute atomic E-state index is 13.1. The van der Waals surface area contributed by atoms with Crippen molar-refractivity contribution in [1.29, 1.82) is 0 Å². The van der Waals surface area contributed by atoms with Crippen LogP contribution in [0.15, 0.2) is 40.6 Å². The van der Waals surface area contributed by atoms with Crippen molar-refractivity contribution in [2.75, 3.05) is 13.1 Å². The number of aryl methyl sites for hydroxylation is 1. The molecule has 2 unspecified atom stereocenters. The molecule has 2 aromatic rings. The lowest BCUT2D eigenvalue weighted by Gasteiger charge is -2.36. The van der Waals surface area contributed by atoms with E-state index in [0.717, 1.165) is 10.4 Å². The van der Waals surface area contributed by atoms with Crippen LogP contribution in [0.25, 0.3) is 0 Å². The molecule has 1 aromatic heterocycles. The van der Waals surface area contributed by atoms with E-state index >= 15 is 0 Å². The van der Waals surface area contributed by atoms with Crippen molar-refractivity contribution >= 4 is 21.4 Å². The number of hydrogen-bond acceptors (Lipinski definition) is 4. The lowest BCUT2D eigenvalue weighted by Crippen LogP contribution is -2.45. The van der Waals surface area contributed by atoms with Gasteiger partial charge in [0.2, 0.25) is 0 Å². The van der Waals surface area contributed by atoms with Gasteiger partial charge in [-0.15, -0.1) is 11.3 Å². The predicted molar refractivity (Wildman–Crippen MR) is 87.5 cm³/mol. The quantitative estimate of drug-likeness (QED) is 0.848.